The molecule has 0 amide bonds. The third-order valence-electron chi connectivity index (χ3n) is 5.36. The molecule has 0 saturated heterocycles. The summed E-state index contributed by atoms with van der Waals surface area (Å²) in [5.74, 6) is -4.61. The molecule has 0 aromatic heterocycles. The van der Waals surface area contributed by atoms with Gasteiger partial charge in [-0.05, 0) is 47.9 Å². The second-order valence-corrected chi connectivity index (χ2v) is 9.98. The van der Waals surface area contributed by atoms with Crippen molar-refractivity contribution in [2.45, 2.75) is 29.7 Å². The molecule has 1 atom stereocenters. The van der Waals surface area contributed by atoms with Crippen molar-refractivity contribution >= 4 is 51.0 Å². The number of rotatable bonds is 9. The van der Waals surface area contributed by atoms with E-state index in [4.69, 9.17) is 4.74 Å². The molecular formula is C26H21BrO9S. The predicted molar refractivity (Wildman–Crippen MR) is 135 cm³/mol. The second kappa shape index (κ2) is 12.0. The maximum Gasteiger partial charge on any atom is 0.339 e. The van der Waals surface area contributed by atoms with E-state index in [0.29, 0.717) is 5.56 Å². The number of ether oxygens (including phenoxy) is 2. The van der Waals surface area contributed by atoms with Gasteiger partial charge in [-0.15, -0.1) is 0 Å². The maximum atomic E-state index is 13.1. The number of hydrogen-bond acceptors (Lipinski definition) is 7. The van der Waals surface area contributed by atoms with Crippen LogP contribution in [0.4, 0.5) is 0 Å². The number of benzene rings is 3. The summed E-state index contributed by atoms with van der Waals surface area (Å²) in [7, 11) is 1.08. The van der Waals surface area contributed by atoms with Gasteiger partial charge in [0.05, 0.1) is 29.4 Å². The third kappa shape index (κ3) is 6.37. The highest BCUT2D eigenvalue weighted by molar-refractivity contribution is 9.10. The van der Waals surface area contributed by atoms with Crippen LogP contribution >= 0.6 is 15.9 Å². The predicted octanol–water partition coefficient (Wildman–Crippen LogP) is 4.72. The molecule has 0 heterocycles. The first-order valence-electron chi connectivity index (χ1n) is 10.8. The van der Waals surface area contributed by atoms with E-state index >= 15 is 0 Å². The Kier molecular flexibility index (Phi) is 9.09. The van der Waals surface area contributed by atoms with Crippen molar-refractivity contribution in [3.05, 3.63) is 92.5 Å². The Morgan fingerprint density at radius 1 is 0.838 bits per heavy atom. The standard InChI is InChI=1S/C26H21BrO9S/c1-3-15-5-4-14(10-22(15)27)13-36-26(33)19-9-7-16(11-20(19)24(30)31)37(34)17-6-8-18(23(28)29)21(12-17)25(32)35-2/h4-12H,3,13H2,1-2H3,(H,28,29)(H,30,31). The molecular weight excluding hydrogens is 568 g/mol. The minimum absolute atomic E-state index is 0.0203. The van der Waals surface area contributed by atoms with Gasteiger partial charge in [-0.25, -0.2) is 19.2 Å². The van der Waals surface area contributed by atoms with Gasteiger partial charge < -0.3 is 24.2 Å². The Balaban J connectivity index is 1.88. The van der Waals surface area contributed by atoms with Crippen LogP contribution in [0.1, 0.15) is 59.5 Å². The number of esters is 2. The van der Waals surface area contributed by atoms with Gasteiger partial charge in [0.1, 0.15) is 6.61 Å². The fourth-order valence-corrected chi connectivity index (χ4v) is 5.24. The van der Waals surface area contributed by atoms with E-state index in [1.807, 2.05) is 19.1 Å². The number of carbonyl (C=O) groups is 4. The van der Waals surface area contributed by atoms with Crippen molar-refractivity contribution in [1.29, 1.82) is 0 Å². The summed E-state index contributed by atoms with van der Waals surface area (Å²) in [6, 6.07) is 12.5. The average Bonchev–Trinajstić information content (AvgIpc) is 2.90. The monoisotopic (exact) mass is 588 g/mol. The van der Waals surface area contributed by atoms with E-state index < -0.39 is 40.6 Å². The molecule has 0 spiro atoms. The van der Waals surface area contributed by atoms with Gasteiger partial charge in [0, 0.05) is 27.8 Å². The van der Waals surface area contributed by atoms with Crippen molar-refractivity contribution in [2.75, 3.05) is 7.11 Å². The molecule has 3 aromatic carbocycles. The zero-order valence-electron chi connectivity index (χ0n) is 19.6. The SMILES string of the molecule is CCc1ccc(COC(=O)c2ccc([S+]([O-])c3ccc(C(=O)O)c(C(=O)OC)c3)cc2C(=O)O)cc1Br. The van der Waals surface area contributed by atoms with Gasteiger partial charge in [-0.1, -0.05) is 35.0 Å². The number of carbonyl (C=O) groups excluding carboxylic acids is 2. The van der Waals surface area contributed by atoms with Gasteiger partial charge in [-0.2, -0.15) is 0 Å². The van der Waals surface area contributed by atoms with Crippen LogP contribution < -0.4 is 0 Å². The quantitative estimate of drug-likeness (QED) is 0.267. The van der Waals surface area contributed by atoms with Crippen molar-refractivity contribution < 1.29 is 43.4 Å². The number of hydrogen-bond donors (Lipinski definition) is 2. The summed E-state index contributed by atoms with van der Waals surface area (Å²) in [4.78, 5) is 48.0. The molecule has 0 aliphatic heterocycles. The summed E-state index contributed by atoms with van der Waals surface area (Å²) in [5.41, 5.74) is 0.496. The van der Waals surface area contributed by atoms with E-state index in [-0.39, 0.29) is 33.1 Å². The number of methoxy groups -OCH3 is 1. The van der Waals surface area contributed by atoms with Crippen LogP contribution in [0.15, 0.2) is 68.9 Å². The molecule has 0 aliphatic carbocycles. The van der Waals surface area contributed by atoms with Gasteiger partial charge in [0.15, 0.2) is 9.79 Å². The summed E-state index contributed by atoms with van der Waals surface area (Å²) in [5, 5.41) is 19.0. The lowest BCUT2D eigenvalue weighted by atomic mass is 10.1. The van der Waals surface area contributed by atoms with Crippen molar-refractivity contribution in [3.63, 3.8) is 0 Å². The Labute approximate surface area is 223 Å². The molecule has 0 fully saturated rings. The number of carboxylic acids is 2. The highest BCUT2D eigenvalue weighted by atomic mass is 79.9. The summed E-state index contributed by atoms with van der Waals surface area (Å²) in [6.45, 7) is 1.92. The second-order valence-electron chi connectivity index (χ2n) is 7.64. The highest BCUT2D eigenvalue weighted by Gasteiger charge is 2.26. The number of halogens is 1. The van der Waals surface area contributed by atoms with Crippen LogP contribution in [0, 0.1) is 0 Å². The molecule has 2 N–H and O–H groups in total. The minimum Gasteiger partial charge on any atom is -0.606 e. The molecule has 37 heavy (non-hydrogen) atoms. The largest absolute Gasteiger partial charge is 0.606 e. The van der Waals surface area contributed by atoms with Crippen LogP contribution in [0.2, 0.25) is 0 Å². The van der Waals surface area contributed by atoms with Gasteiger partial charge in [0.25, 0.3) is 0 Å². The van der Waals surface area contributed by atoms with Gasteiger partial charge in [0.2, 0.25) is 0 Å². The van der Waals surface area contributed by atoms with Gasteiger partial charge >= 0.3 is 23.9 Å². The normalized spacial score (nSPS) is 11.5. The van der Waals surface area contributed by atoms with Gasteiger partial charge in [-0.3, -0.25) is 0 Å². The van der Waals surface area contributed by atoms with Crippen LogP contribution in [-0.4, -0.2) is 45.8 Å². The van der Waals surface area contributed by atoms with Crippen molar-refractivity contribution in [3.8, 4) is 0 Å². The summed E-state index contributed by atoms with van der Waals surface area (Å²) < 4.78 is 23.9. The number of carboxylic acid groups (broad SMARTS) is 2. The summed E-state index contributed by atoms with van der Waals surface area (Å²) >= 11 is 1.45. The molecule has 1 unspecified atom stereocenters. The fourth-order valence-electron chi connectivity index (χ4n) is 3.43. The first kappa shape index (κ1) is 27.9. The van der Waals surface area contributed by atoms with Crippen LogP contribution in [0.25, 0.3) is 0 Å². The topological polar surface area (TPSA) is 150 Å². The fraction of sp³-hybridized carbons (Fsp3) is 0.154. The zero-order valence-corrected chi connectivity index (χ0v) is 22.1. The van der Waals surface area contributed by atoms with E-state index in [1.54, 1.807) is 6.07 Å². The summed E-state index contributed by atoms with van der Waals surface area (Å²) in [6.07, 6.45) is 0.823. The number of aromatic carboxylic acids is 2. The third-order valence-corrected chi connectivity index (χ3v) is 7.47. The molecule has 0 aliphatic rings. The lowest BCUT2D eigenvalue weighted by molar-refractivity contribution is 0.0463. The van der Waals surface area contributed by atoms with Crippen molar-refractivity contribution in [1.82, 2.24) is 0 Å². The Bertz CT molecular complexity index is 1390. The molecule has 3 rings (SSSR count). The smallest absolute Gasteiger partial charge is 0.339 e. The first-order valence-corrected chi connectivity index (χ1v) is 12.7. The molecule has 0 bridgehead atoms. The molecule has 192 valence electrons. The minimum atomic E-state index is -2.01. The lowest BCUT2D eigenvalue weighted by Crippen LogP contribution is -2.14. The lowest BCUT2D eigenvalue weighted by Gasteiger charge is -2.14. The average molecular weight is 589 g/mol. The zero-order chi connectivity index (χ0) is 27.3. The molecule has 9 nitrogen and oxygen atoms in total. The van der Waals surface area contributed by atoms with E-state index in [0.717, 1.165) is 41.8 Å². The van der Waals surface area contributed by atoms with Crippen LogP contribution in [-0.2, 0) is 33.7 Å². The van der Waals surface area contributed by atoms with E-state index in [2.05, 4.69) is 20.7 Å². The van der Waals surface area contributed by atoms with E-state index in [1.165, 1.54) is 18.2 Å². The molecule has 0 radical (unpaired) electrons. The van der Waals surface area contributed by atoms with Crippen LogP contribution in [0.5, 0.6) is 0 Å². The first-order chi connectivity index (χ1) is 17.6. The Hall–Kier alpha value is -3.67. The number of aryl methyl sites for hydroxylation is 1. The van der Waals surface area contributed by atoms with Crippen molar-refractivity contribution in [2.24, 2.45) is 0 Å². The highest BCUT2D eigenvalue weighted by Crippen LogP contribution is 2.27. The molecule has 3 aromatic rings. The Morgan fingerprint density at radius 2 is 1.43 bits per heavy atom. The van der Waals surface area contributed by atoms with Crippen LogP contribution in [0.3, 0.4) is 0 Å². The Morgan fingerprint density at radius 3 is 1.97 bits per heavy atom. The maximum absolute atomic E-state index is 13.1. The van der Waals surface area contributed by atoms with E-state index in [9.17, 15) is 33.9 Å². The molecule has 0 saturated carbocycles. The molecule has 11 heteroatoms.